The van der Waals surface area contributed by atoms with Crippen molar-refractivity contribution in [1.82, 2.24) is 0 Å². The van der Waals surface area contributed by atoms with Gasteiger partial charge in [0, 0.05) is 17.5 Å². The van der Waals surface area contributed by atoms with Gasteiger partial charge in [-0.1, -0.05) is 60.3 Å². The fourth-order valence-corrected chi connectivity index (χ4v) is 2.28. The van der Waals surface area contributed by atoms with Gasteiger partial charge in [-0.25, -0.2) is 0 Å². The molecule has 0 N–H and O–H groups in total. The van der Waals surface area contributed by atoms with E-state index >= 15 is 0 Å². The summed E-state index contributed by atoms with van der Waals surface area (Å²) in [6.45, 7) is 0. The zero-order valence-corrected chi connectivity index (χ0v) is 9.95. The van der Waals surface area contributed by atoms with Crippen LogP contribution in [0.1, 0.15) is 5.56 Å². The van der Waals surface area contributed by atoms with Crippen LogP contribution in [0.5, 0.6) is 0 Å². The molecule has 2 aromatic rings. The quantitative estimate of drug-likeness (QED) is 0.431. The molecule has 0 bridgehead atoms. The second kappa shape index (κ2) is 5.52. The minimum atomic E-state index is 1.05. The van der Waals surface area contributed by atoms with Crippen LogP contribution in [0.4, 0.5) is 0 Å². The molecular formula is C14H13NS. The van der Waals surface area contributed by atoms with E-state index in [1.54, 1.807) is 11.8 Å². The molecule has 0 amide bonds. The Hall–Kier alpha value is -1.54. The summed E-state index contributed by atoms with van der Waals surface area (Å²) in [6, 6.07) is 20.5. The van der Waals surface area contributed by atoms with E-state index in [-0.39, 0.29) is 0 Å². The van der Waals surface area contributed by atoms with E-state index < -0.39 is 0 Å². The zero-order valence-electron chi connectivity index (χ0n) is 9.13. The topological polar surface area (TPSA) is 12.4 Å². The third-order valence-electron chi connectivity index (χ3n) is 2.18. The Balaban J connectivity index is 2.20. The molecule has 2 heteroatoms. The Morgan fingerprint density at radius 3 is 2.00 bits per heavy atom. The van der Waals surface area contributed by atoms with Gasteiger partial charge in [0.2, 0.25) is 0 Å². The third-order valence-corrected chi connectivity index (χ3v) is 3.30. The van der Waals surface area contributed by atoms with Gasteiger partial charge in [0.1, 0.15) is 5.04 Å². The zero-order chi connectivity index (χ0) is 11.2. The lowest BCUT2D eigenvalue weighted by molar-refractivity contribution is 1.44. The van der Waals surface area contributed by atoms with Gasteiger partial charge in [-0.3, -0.25) is 4.99 Å². The van der Waals surface area contributed by atoms with Crippen molar-refractivity contribution < 1.29 is 0 Å². The SMILES string of the molecule is CN=C(Sc1ccccc1)c1ccccc1. The number of aliphatic imine (C=N–C) groups is 1. The highest BCUT2D eigenvalue weighted by Gasteiger charge is 2.03. The van der Waals surface area contributed by atoms with E-state index in [1.165, 1.54) is 10.5 Å². The molecule has 0 aliphatic rings. The van der Waals surface area contributed by atoms with Crippen molar-refractivity contribution in [2.24, 2.45) is 4.99 Å². The van der Waals surface area contributed by atoms with Crippen molar-refractivity contribution in [1.29, 1.82) is 0 Å². The highest BCUT2D eigenvalue weighted by Crippen LogP contribution is 2.22. The number of nitrogens with zero attached hydrogens (tertiary/aromatic N) is 1. The predicted octanol–water partition coefficient (Wildman–Crippen LogP) is 3.86. The standard InChI is InChI=1S/C14H13NS/c1-15-14(12-8-4-2-5-9-12)16-13-10-6-3-7-11-13/h2-11H,1H3. The molecule has 1 nitrogen and oxygen atoms in total. The number of hydrogen-bond acceptors (Lipinski definition) is 2. The Morgan fingerprint density at radius 1 is 0.875 bits per heavy atom. The second-order valence-corrected chi connectivity index (χ2v) is 4.37. The summed E-state index contributed by atoms with van der Waals surface area (Å²) >= 11 is 1.69. The van der Waals surface area contributed by atoms with Crippen LogP contribution in [-0.4, -0.2) is 12.1 Å². The molecule has 0 spiro atoms. The Morgan fingerprint density at radius 2 is 1.44 bits per heavy atom. The maximum Gasteiger partial charge on any atom is 0.102 e. The minimum Gasteiger partial charge on any atom is -0.281 e. The monoisotopic (exact) mass is 227 g/mol. The first kappa shape index (κ1) is 11.0. The van der Waals surface area contributed by atoms with Crippen molar-refractivity contribution in [3.05, 3.63) is 66.2 Å². The summed E-state index contributed by atoms with van der Waals surface area (Å²) < 4.78 is 0. The molecule has 0 saturated carbocycles. The van der Waals surface area contributed by atoms with Crippen molar-refractivity contribution in [2.75, 3.05) is 7.05 Å². The first-order valence-corrected chi connectivity index (χ1v) is 5.97. The van der Waals surface area contributed by atoms with Gasteiger partial charge in [0.05, 0.1) is 0 Å². The number of hydrogen-bond donors (Lipinski definition) is 0. The number of rotatable bonds is 2. The highest BCUT2D eigenvalue weighted by atomic mass is 32.2. The first-order valence-electron chi connectivity index (χ1n) is 5.15. The van der Waals surface area contributed by atoms with Crippen LogP contribution in [0.25, 0.3) is 0 Å². The molecule has 0 aromatic heterocycles. The van der Waals surface area contributed by atoms with Crippen molar-refractivity contribution in [2.45, 2.75) is 4.90 Å². The number of thioether (sulfide) groups is 1. The lowest BCUT2D eigenvalue weighted by Crippen LogP contribution is -1.94. The summed E-state index contributed by atoms with van der Waals surface area (Å²) in [6.07, 6.45) is 0. The second-order valence-electron chi connectivity index (χ2n) is 3.31. The summed E-state index contributed by atoms with van der Waals surface area (Å²) in [7, 11) is 1.83. The van der Waals surface area contributed by atoms with Gasteiger partial charge in [-0.15, -0.1) is 0 Å². The molecule has 0 atom stereocenters. The van der Waals surface area contributed by atoms with Gasteiger partial charge in [0.25, 0.3) is 0 Å². The van der Waals surface area contributed by atoms with Crippen LogP contribution >= 0.6 is 11.8 Å². The number of benzene rings is 2. The summed E-state index contributed by atoms with van der Waals surface area (Å²) in [5, 5.41) is 1.05. The summed E-state index contributed by atoms with van der Waals surface area (Å²) in [4.78, 5) is 5.55. The van der Waals surface area contributed by atoms with Gasteiger partial charge >= 0.3 is 0 Å². The molecule has 16 heavy (non-hydrogen) atoms. The van der Waals surface area contributed by atoms with Crippen LogP contribution in [0.3, 0.4) is 0 Å². The van der Waals surface area contributed by atoms with Gasteiger partial charge in [-0.2, -0.15) is 0 Å². The Bertz CT molecular complexity index is 463. The van der Waals surface area contributed by atoms with Crippen LogP contribution < -0.4 is 0 Å². The Kier molecular flexibility index (Phi) is 3.78. The Labute approximate surface area is 100 Å². The predicted molar refractivity (Wildman–Crippen MR) is 71.2 cm³/mol. The van der Waals surface area contributed by atoms with E-state index in [1.807, 2.05) is 43.4 Å². The van der Waals surface area contributed by atoms with E-state index in [0.717, 1.165) is 5.04 Å². The fraction of sp³-hybridized carbons (Fsp3) is 0.0714. The molecule has 0 saturated heterocycles. The minimum absolute atomic E-state index is 1.05. The fourth-order valence-electron chi connectivity index (χ4n) is 1.41. The van der Waals surface area contributed by atoms with Crippen molar-refractivity contribution >= 4 is 16.8 Å². The van der Waals surface area contributed by atoms with Crippen molar-refractivity contribution in [3.8, 4) is 0 Å². The molecule has 2 aromatic carbocycles. The molecule has 0 heterocycles. The van der Waals surface area contributed by atoms with Gasteiger partial charge in [-0.05, 0) is 12.1 Å². The lowest BCUT2D eigenvalue weighted by Gasteiger charge is -2.05. The van der Waals surface area contributed by atoms with E-state index in [2.05, 4.69) is 29.3 Å². The average Bonchev–Trinajstić information content (AvgIpc) is 2.38. The molecule has 2 rings (SSSR count). The summed E-state index contributed by atoms with van der Waals surface area (Å²) in [5.41, 5.74) is 1.17. The summed E-state index contributed by atoms with van der Waals surface area (Å²) in [5.74, 6) is 0. The van der Waals surface area contributed by atoms with E-state index in [4.69, 9.17) is 0 Å². The molecule has 0 aliphatic carbocycles. The molecule has 0 unspecified atom stereocenters. The van der Waals surface area contributed by atoms with Crippen LogP contribution in [0, 0.1) is 0 Å². The molecular weight excluding hydrogens is 214 g/mol. The maximum absolute atomic E-state index is 4.33. The lowest BCUT2D eigenvalue weighted by atomic mass is 10.2. The van der Waals surface area contributed by atoms with Gasteiger partial charge in [0.15, 0.2) is 0 Å². The largest absolute Gasteiger partial charge is 0.281 e. The van der Waals surface area contributed by atoms with Crippen molar-refractivity contribution in [3.63, 3.8) is 0 Å². The normalized spacial score (nSPS) is 11.4. The van der Waals surface area contributed by atoms with Gasteiger partial charge < -0.3 is 0 Å². The smallest absolute Gasteiger partial charge is 0.102 e. The average molecular weight is 227 g/mol. The van der Waals surface area contributed by atoms with Crippen LogP contribution in [0.15, 0.2) is 70.6 Å². The molecule has 80 valence electrons. The third kappa shape index (κ3) is 2.74. The van der Waals surface area contributed by atoms with E-state index in [0.29, 0.717) is 0 Å². The maximum atomic E-state index is 4.33. The van der Waals surface area contributed by atoms with E-state index in [9.17, 15) is 0 Å². The molecule has 0 aliphatic heterocycles. The first-order chi connectivity index (χ1) is 7.90. The van der Waals surface area contributed by atoms with Crippen LogP contribution in [-0.2, 0) is 0 Å². The molecule has 0 radical (unpaired) electrons. The highest BCUT2D eigenvalue weighted by molar-refractivity contribution is 8.14. The molecule has 0 fully saturated rings. The van der Waals surface area contributed by atoms with Crippen LogP contribution in [0.2, 0.25) is 0 Å².